The van der Waals surface area contributed by atoms with Crippen molar-refractivity contribution < 1.29 is 9.90 Å². The van der Waals surface area contributed by atoms with Gasteiger partial charge in [0.15, 0.2) is 0 Å². The smallest absolute Gasteiger partial charge is 0.227 e. The molecular formula is C21H23Cl2NO2. The van der Waals surface area contributed by atoms with Crippen LogP contribution in [0.5, 0.6) is 0 Å². The summed E-state index contributed by atoms with van der Waals surface area (Å²) in [5, 5.41) is 10.2. The fourth-order valence-corrected chi connectivity index (χ4v) is 4.27. The number of carbonyl (C=O) groups is 1. The van der Waals surface area contributed by atoms with Crippen molar-refractivity contribution in [3.05, 3.63) is 68.7 Å². The zero-order chi connectivity index (χ0) is 18.7. The van der Waals surface area contributed by atoms with Gasteiger partial charge in [-0.3, -0.25) is 4.79 Å². The van der Waals surface area contributed by atoms with Crippen molar-refractivity contribution in [1.29, 1.82) is 0 Å². The molecule has 1 aliphatic rings. The minimum absolute atomic E-state index is 0.0154. The second-order valence-corrected chi connectivity index (χ2v) is 7.52. The Morgan fingerprint density at radius 1 is 1.19 bits per heavy atom. The number of aliphatic hydroxyl groups excluding tert-OH is 1. The number of hydrogen-bond acceptors (Lipinski definition) is 2. The van der Waals surface area contributed by atoms with Gasteiger partial charge < -0.3 is 10.0 Å². The van der Waals surface area contributed by atoms with Gasteiger partial charge in [-0.25, -0.2) is 0 Å². The summed E-state index contributed by atoms with van der Waals surface area (Å²) in [7, 11) is 0. The molecule has 0 aromatic heterocycles. The molecule has 0 radical (unpaired) electrons. The average molecular weight is 392 g/mol. The molecule has 1 N–H and O–H groups in total. The van der Waals surface area contributed by atoms with Gasteiger partial charge >= 0.3 is 0 Å². The SMILES string of the molecule is CC1c2cccc(CCCO)c2CCN1C(=O)Cc1c(Cl)cccc1Cl. The molecule has 0 spiro atoms. The van der Waals surface area contributed by atoms with Crippen LogP contribution >= 0.6 is 23.2 Å². The van der Waals surface area contributed by atoms with Crippen molar-refractivity contribution in [1.82, 2.24) is 4.90 Å². The van der Waals surface area contributed by atoms with E-state index in [9.17, 15) is 4.79 Å². The van der Waals surface area contributed by atoms with Gasteiger partial charge in [0.2, 0.25) is 5.91 Å². The number of aliphatic hydroxyl groups is 1. The molecule has 2 aromatic rings. The Morgan fingerprint density at radius 2 is 1.88 bits per heavy atom. The third-order valence-electron chi connectivity index (χ3n) is 5.14. The van der Waals surface area contributed by atoms with Crippen molar-refractivity contribution in [3.8, 4) is 0 Å². The van der Waals surface area contributed by atoms with E-state index in [4.69, 9.17) is 28.3 Å². The van der Waals surface area contributed by atoms with Crippen molar-refractivity contribution >= 4 is 29.1 Å². The van der Waals surface area contributed by atoms with Crippen LogP contribution in [0.2, 0.25) is 10.0 Å². The Bertz CT molecular complexity index is 786. The zero-order valence-corrected chi connectivity index (χ0v) is 16.4. The topological polar surface area (TPSA) is 40.5 Å². The predicted molar refractivity (Wildman–Crippen MR) is 106 cm³/mol. The summed E-state index contributed by atoms with van der Waals surface area (Å²) < 4.78 is 0. The van der Waals surface area contributed by atoms with Crippen LogP contribution in [-0.4, -0.2) is 29.1 Å². The number of aryl methyl sites for hydroxylation is 1. The number of benzene rings is 2. The lowest BCUT2D eigenvalue weighted by molar-refractivity contribution is -0.133. The molecule has 1 heterocycles. The quantitative estimate of drug-likeness (QED) is 0.808. The summed E-state index contributed by atoms with van der Waals surface area (Å²) in [6.07, 6.45) is 2.68. The molecule has 5 heteroatoms. The highest BCUT2D eigenvalue weighted by Crippen LogP contribution is 2.33. The van der Waals surface area contributed by atoms with E-state index in [-0.39, 0.29) is 25.0 Å². The Kier molecular flexibility index (Phi) is 6.23. The number of nitrogens with zero attached hydrogens (tertiary/aromatic N) is 1. The second-order valence-electron chi connectivity index (χ2n) is 6.70. The van der Waals surface area contributed by atoms with Gasteiger partial charge in [0, 0.05) is 23.2 Å². The summed E-state index contributed by atoms with van der Waals surface area (Å²) in [5.41, 5.74) is 4.50. The molecule has 1 unspecified atom stereocenters. The minimum Gasteiger partial charge on any atom is -0.396 e. The van der Waals surface area contributed by atoms with Crippen molar-refractivity contribution in [2.45, 2.75) is 38.6 Å². The van der Waals surface area contributed by atoms with E-state index in [1.807, 2.05) is 11.0 Å². The highest BCUT2D eigenvalue weighted by molar-refractivity contribution is 6.36. The molecule has 0 saturated carbocycles. The van der Waals surface area contributed by atoms with Gasteiger partial charge in [-0.05, 0) is 60.6 Å². The lowest BCUT2D eigenvalue weighted by Gasteiger charge is -2.36. The summed E-state index contributed by atoms with van der Waals surface area (Å²) in [5.74, 6) is 0.0407. The van der Waals surface area contributed by atoms with Crippen molar-refractivity contribution in [3.63, 3.8) is 0 Å². The Morgan fingerprint density at radius 3 is 2.58 bits per heavy atom. The maximum atomic E-state index is 12.9. The highest BCUT2D eigenvalue weighted by atomic mass is 35.5. The standard InChI is InChI=1S/C21H23Cl2NO2/c1-14-16-7-2-5-15(6-4-12-25)17(16)10-11-24(14)21(26)13-18-19(22)8-3-9-20(18)23/h2-3,5,7-9,14,25H,4,6,10-13H2,1H3. The third kappa shape index (κ3) is 3.90. The molecular weight excluding hydrogens is 369 g/mol. The van der Waals surface area contributed by atoms with Crippen LogP contribution in [0.4, 0.5) is 0 Å². The zero-order valence-electron chi connectivity index (χ0n) is 14.8. The van der Waals surface area contributed by atoms with Gasteiger partial charge in [0.05, 0.1) is 12.5 Å². The Balaban J connectivity index is 1.80. The number of amides is 1. The van der Waals surface area contributed by atoms with E-state index in [0.29, 0.717) is 22.2 Å². The van der Waals surface area contributed by atoms with Gasteiger partial charge in [-0.15, -0.1) is 0 Å². The van der Waals surface area contributed by atoms with Crippen LogP contribution < -0.4 is 0 Å². The molecule has 0 bridgehead atoms. The maximum Gasteiger partial charge on any atom is 0.227 e. The number of halogens is 2. The number of hydrogen-bond donors (Lipinski definition) is 1. The minimum atomic E-state index is 0.0154. The largest absolute Gasteiger partial charge is 0.396 e. The molecule has 1 aliphatic heterocycles. The molecule has 138 valence electrons. The van der Waals surface area contributed by atoms with E-state index >= 15 is 0 Å². The van der Waals surface area contributed by atoms with Gasteiger partial charge in [-0.1, -0.05) is 47.5 Å². The fourth-order valence-electron chi connectivity index (χ4n) is 3.74. The molecule has 0 aliphatic carbocycles. The van der Waals surface area contributed by atoms with Crippen molar-refractivity contribution in [2.75, 3.05) is 13.2 Å². The molecule has 2 aromatic carbocycles. The van der Waals surface area contributed by atoms with Crippen LogP contribution in [0, 0.1) is 0 Å². The van der Waals surface area contributed by atoms with Crippen molar-refractivity contribution in [2.24, 2.45) is 0 Å². The van der Waals surface area contributed by atoms with Crippen LogP contribution in [-0.2, 0) is 24.1 Å². The predicted octanol–water partition coefficient (Wildman–Crippen LogP) is 4.61. The van der Waals surface area contributed by atoms with E-state index in [2.05, 4.69) is 19.1 Å². The number of rotatable bonds is 5. The molecule has 0 saturated heterocycles. The van der Waals surface area contributed by atoms with E-state index < -0.39 is 0 Å². The normalized spacial score (nSPS) is 16.5. The van der Waals surface area contributed by atoms with E-state index in [0.717, 1.165) is 19.3 Å². The van der Waals surface area contributed by atoms with Gasteiger partial charge in [0.1, 0.15) is 0 Å². The Hall–Kier alpha value is -1.55. The number of fused-ring (bicyclic) bond motifs is 1. The van der Waals surface area contributed by atoms with Crippen LogP contribution in [0.15, 0.2) is 36.4 Å². The lowest BCUT2D eigenvalue weighted by Crippen LogP contribution is -2.40. The van der Waals surface area contributed by atoms with E-state index in [1.54, 1.807) is 18.2 Å². The molecule has 1 atom stereocenters. The maximum absolute atomic E-state index is 12.9. The molecule has 3 nitrogen and oxygen atoms in total. The van der Waals surface area contributed by atoms with Crippen LogP contribution in [0.1, 0.15) is 41.6 Å². The van der Waals surface area contributed by atoms with Crippen LogP contribution in [0.3, 0.4) is 0 Å². The fraction of sp³-hybridized carbons (Fsp3) is 0.381. The molecule has 3 rings (SSSR count). The molecule has 1 amide bonds. The number of carbonyl (C=O) groups excluding carboxylic acids is 1. The van der Waals surface area contributed by atoms with Crippen LogP contribution in [0.25, 0.3) is 0 Å². The highest BCUT2D eigenvalue weighted by Gasteiger charge is 2.29. The summed E-state index contributed by atoms with van der Waals surface area (Å²) in [6.45, 7) is 2.95. The Labute approximate surface area is 164 Å². The van der Waals surface area contributed by atoms with Gasteiger partial charge in [0.25, 0.3) is 0 Å². The third-order valence-corrected chi connectivity index (χ3v) is 5.85. The van der Waals surface area contributed by atoms with E-state index in [1.165, 1.54) is 16.7 Å². The summed E-state index contributed by atoms with van der Waals surface area (Å²) >= 11 is 12.4. The first-order valence-corrected chi connectivity index (χ1v) is 9.72. The lowest BCUT2D eigenvalue weighted by atomic mass is 9.88. The molecule has 26 heavy (non-hydrogen) atoms. The first-order chi connectivity index (χ1) is 12.5. The van der Waals surface area contributed by atoms with Gasteiger partial charge in [-0.2, -0.15) is 0 Å². The first-order valence-electron chi connectivity index (χ1n) is 8.96. The summed E-state index contributed by atoms with van der Waals surface area (Å²) in [4.78, 5) is 14.8. The second kappa shape index (κ2) is 8.43. The molecule has 0 fully saturated rings. The average Bonchev–Trinajstić information content (AvgIpc) is 2.63. The first kappa shape index (κ1) is 19.2. The summed E-state index contributed by atoms with van der Waals surface area (Å²) in [6, 6.07) is 11.6. The monoisotopic (exact) mass is 391 g/mol.